The van der Waals surface area contributed by atoms with E-state index in [1.807, 2.05) is 38.1 Å². The van der Waals surface area contributed by atoms with Crippen LogP contribution in [-0.4, -0.2) is 32.2 Å². The van der Waals surface area contributed by atoms with Crippen LogP contribution in [0.3, 0.4) is 0 Å². The quantitative estimate of drug-likeness (QED) is 0.790. The Kier molecular flexibility index (Phi) is 3.86. The zero-order valence-electron chi connectivity index (χ0n) is 13.5. The number of rotatable bonds is 3. The van der Waals surface area contributed by atoms with Gasteiger partial charge in [0.25, 0.3) is 5.78 Å². The lowest BCUT2D eigenvalue weighted by Crippen LogP contribution is -2.25. The molecule has 0 spiro atoms. The SMILES string of the molecule is Cc1nc2ncnn2c(N[C@@H]2CCO[C@@H]2c2ccc(Cl)cc2)c1C. The summed E-state index contributed by atoms with van der Waals surface area (Å²) in [7, 11) is 0. The first-order valence-corrected chi connectivity index (χ1v) is 8.32. The molecule has 1 saturated heterocycles. The largest absolute Gasteiger partial charge is 0.371 e. The predicted octanol–water partition coefficient (Wildman–Crippen LogP) is 3.34. The lowest BCUT2D eigenvalue weighted by atomic mass is 10.0. The van der Waals surface area contributed by atoms with Gasteiger partial charge in [-0.3, -0.25) is 0 Å². The van der Waals surface area contributed by atoms with Crippen molar-refractivity contribution in [3.05, 3.63) is 52.4 Å². The molecule has 1 N–H and O–H groups in total. The Morgan fingerprint density at radius 1 is 1.25 bits per heavy atom. The van der Waals surface area contributed by atoms with Crippen LogP contribution in [0.15, 0.2) is 30.6 Å². The predicted molar refractivity (Wildman–Crippen MR) is 92.4 cm³/mol. The highest BCUT2D eigenvalue weighted by Gasteiger charge is 2.31. The third kappa shape index (κ3) is 2.61. The summed E-state index contributed by atoms with van der Waals surface area (Å²) in [5, 5.41) is 8.63. The van der Waals surface area contributed by atoms with Gasteiger partial charge in [-0.05, 0) is 38.0 Å². The molecular weight excluding hydrogens is 326 g/mol. The van der Waals surface area contributed by atoms with Gasteiger partial charge in [-0.1, -0.05) is 23.7 Å². The van der Waals surface area contributed by atoms with E-state index in [2.05, 4.69) is 20.4 Å². The summed E-state index contributed by atoms with van der Waals surface area (Å²) in [6, 6.07) is 7.98. The summed E-state index contributed by atoms with van der Waals surface area (Å²) in [4.78, 5) is 8.66. The molecule has 4 rings (SSSR count). The summed E-state index contributed by atoms with van der Waals surface area (Å²) in [6.45, 7) is 4.74. The highest BCUT2D eigenvalue weighted by atomic mass is 35.5. The zero-order valence-corrected chi connectivity index (χ0v) is 14.3. The van der Waals surface area contributed by atoms with Gasteiger partial charge in [0.2, 0.25) is 0 Å². The number of aryl methyl sites for hydroxylation is 1. The zero-order chi connectivity index (χ0) is 16.7. The van der Waals surface area contributed by atoms with E-state index in [4.69, 9.17) is 16.3 Å². The van der Waals surface area contributed by atoms with Crippen LogP contribution in [0.5, 0.6) is 0 Å². The summed E-state index contributed by atoms with van der Waals surface area (Å²) >= 11 is 5.99. The van der Waals surface area contributed by atoms with Gasteiger partial charge in [-0.25, -0.2) is 4.98 Å². The van der Waals surface area contributed by atoms with E-state index in [1.54, 1.807) is 4.52 Å². The van der Waals surface area contributed by atoms with Gasteiger partial charge in [-0.2, -0.15) is 14.6 Å². The fourth-order valence-corrected chi connectivity index (χ4v) is 3.22. The van der Waals surface area contributed by atoms with Gasteiger partial charge in [0.15, 0.2) is 0 Å². The molecule has 0 unspecified atom stereocenters. The maximum absolute atomic E-state index is 5.99. The number of hydrogen-bond donors (Lipinski definition) is 1. The smallest absolute Gasteiger partial charge is 0.254 e. The first-order chi connectivity index (χ1) is 11.6. The molecule has 0 bridgehead atoms. The summed E-state index contributed by atoms with van der Waals surface area (Å²) in [6.07, 6.45) is 2.42. The average Bonchev–Trinajstić information content (AvgIpc) is 3.21. The summed E-state index contributed by atoms with van der Waals surface area (Å²) < 4.78 is 7.71. The fourth-order valence-electron chi connectivity index (χ4n) is 3.10. The standard InChI is InChI=1S/C17H18ClN5O/c1-10-11(2)21-17-19-9-20-23(17)16(10)22-14-7-8-24-15(14)12-3-5-13(18)6-4-12/h3-6,9,14-15,22H,7-8H2,1-2H3/t14-,15-/m1/s1. The molecule has 1 aliphatic rings. The van der Waals surface area contributed by atoms with Crippen molar-refractivity contribution in [3.8, 4) is 0 Å². The highest BCUT2D eigenvalue weighted by molar-refractivity contribution is 6.30. The molecule has 124 valence electrons. The molecule has 0 saturated carbocycles. The highest BCUT2D eigenvalue weighted by Crippen LogP contribution is 2.33. The molecule has 2 atom stereocenters. The van der Waals surface area contributed by atoms with Crippen molar-refractivity contribution in [1.82, 2.24) is 19.6 Å². The number of ether oxygens (including phenoxy) is 1. The monoisotopic (exact) mass is 343 g/mol. The Hall–Kier alpha value is -2.18. The van der Waals surface area contributed by atoms with Crippen molar-refractivity contribution in [1.29, 1.82) is 0 Å². The van der Waals surface area contributed by atoms with Gasteiger partial charge in [-0.15, -0.1) is 0 Å². The third-order valence-electron chi connectivity index (χ3n) is 4.52. The number of hydrogen-bond acceptors (Lipinski definition) is 5. The Morgan fingerprint density at radius 2 is 2.04 bits per heavy atom. The van der Waals surface area contributed by atoms with Crippen molar-refractivity contribution in [2.75, 3.05) is 11.9 Å². The minimum Gasteiger partial charge on any atom is -0.371 e. The van der Waals surface area contributed by atoms with Crippen molar-refractivity contribution in [2.24, 2.45) is 0 Å². The molecule has 0 aliphatic carbocycles. The number of aromatic nitrogens is 4. The Labute approximate surface area is 144 Å². The molecule has 1 aliphatic heterocycles. The van der Waals surface area contributed by atoms with Crippen molar-refractivity contribution in [2.45, 2.75) is 32.4 Å². The van der Waals surface area contributed by atoms with Crippen LogP contribution in [0, 0.1) is 13.8 Å². The van der Waals surface area contributed by atoms with Crippen LogP contribution in [0.25, 0.3) is 5.78 Å². The van der Waals surface area contributed by atoms with Crippen LogP contribution in [0.4, 0.5) is 5.82 Å². The van der Waals surface area contributed by atoms with Crippen LogP contribution in [-0.2, 0) is 4.74 Å². The molecule has 3 aromatic rings. The lowest BCUT2D eigenvalue weighted by Gasteiger charge is -2.23. The van der Waals surface area contributed by atoms with E-state index in [1.165, 1.54) is 6.33 Å². The molecule has 6 nitrogen and oxygen atoms in total. The molecule has 7 heteroatoms. The van der Waals surface area contributed by atoms with Gasteiger partial charge < -0.3 is 10.1 Å². The van der Waals surface area contributed by atoms with Crippen LogP contribution >= 0.6 is 11.6 Å². The molecule has 0 amide bonds. The topological polar surface area (TPSA) is 64.3 Å². The summed E-state index contributed by atoms with van der Waals surface area (Å²) in [5.74, 6) is 1.52. The van der Waals surface area contributed by atoms with E-state index in [9.17, 15) is 0 Å². The van der Waals surface area contributed by atoms with Crippen LogP contribution < -0.4 is 5.32 Å². The van der Waals surface area contributed by atoms with E-state index in [0.29, 0.717) is 12.4 Å². The normalized spacial score (nSPS) is 20.6. The maximum Gasteiger partial charge on any atom is 0.254 e. The van der Waals surface area contributed by atoms with Crippen LogP contribution in [0.1, 0.15) is 29.3 Å². The minimum atomic E-state index is -0.0197. The van der Waals surface area contributed by atoms with Gasteiger partial charge in [0, 0.05) is 22.9 Å². The average molecular weight is 344 g/mol. The first-order valence-electron chi connectivity index (χ1n) is 7.94. The molecule has 2 aromatic heterocycles. The van der Waals surface area contributed by atoms with Crippen molar-refractivity contribution >= 4 is 23.2 Å². The first kappa shape index (κ1) is 15.4. The van der Waals surface area contributed by atoms with Gasteiger partial charge in [0.05, 0.1) is 6.04 Å². The molecule has 1 aromatic carbocycles. The van der Waals surface area contributed by atoms with Gasteiger partial charge >= 0.3 is 0 Å². The molecule has 24 heavy (non-hydrogen) atoms. The second-order valence-electron chi connectivity index (χ2n) is 6.03. The number of benzene rings is 1. The molecule has 1 fully saturated rings. The maximum atomic E-state index is 5.99. The summed E-state index contributed by atoms with van der Waals surface area (Å²) in [5.41, 5.74) is 3.13. The number of nitrogens with one attached hydrogen (secondary N) is 1. The number of fused-ring (bicyclic) bond motifs is 1. The van der Waals surface area contributed by atoms with E-state index < -0.39 is 0 Å². The second-order valence-corrected chi connectivity index (χ2v) is 6.46. The lowest BCUT2D eigenvalue weighted by molar-refractivity contribution is 0.107. The molecular formula is C17H18ClN5O. The Balaban J connectivity index is 1.68. The van der Waals surface area contributed by atoms with Crippen molar-refractivity contribution in [3.63, 3.8) is 0 Å². The van der Waals surface area contributed by atoms with E-state index >= 15 is 0 Å². The van der Waals surface area contributed by atoms with Crippen molar-refractivity contribution < 1.29 is 4.74 Å². The number of nitrogens with zero attached hydrogens (tertiary/aromatic N) is 4. The Bertz CT molecular complexity index is 877. The van der Waals surface area contributed by atoms with E-state index in [-0.39, 0.29) is 12.1 Å². The minimum absolute atomic E-state index is 0.0197. The number of halogens is 1. The third-order valence-corrected chi connectivity index (χ3v) is 4.77. The molecule has 3 heterocycles. The van der Waals surface area contributed by atoms with E-state index in [0.717, 1.165) is 34.1 Å². The molecule has 0 radical (unpaired) electrons. The second kappa shape index (κ2) is 6.03. The number of anilines is 1. The Morgan fingerprint density at radius 3 is 2.83 bits per heavy atom. The van der Waals surface area contributed by atoms with Gasteiger partial charge in [0.1, 0.15) is 18.2 Å². The fraction of sp³-hybridized carbons (Fsp3) is 0.353. The van der Waals surface area contributed by atoms with Crippen LogP contribution in [0.2, 0.25) is 5.02 Å².